The van der Waals surface area contributed by atoms with Crippen molar-refractivity contribution < 1.29 is 19.7 Å². The lowest BCUT2D eigenvalue weighted by Gasteiger charge is -2.00. The van der Waals surface area contributed by atoms with Gasteiger partial charge in [-0.25, -0.2) is 9.69 Å². The van der Waals surface area contributed by atoms with Gasteiger partial charge in [-0.3, -0.25) is 0 Å². The Morgan fingerprint density at radius 1 is 0.714 bits per heavy atom. The van der Waals surface area contributed by atoms with E-state index in [2.05, 4.69) is 51.3 Å². The zero-order chi connectivity index (χ0) is 20.5. The predicted octanol–water partition coefficient (Wildman–Crippen LogP) is -4.26. The zero-order valence-electron chi connectivity index (χ0n) is 15.2. The average molecular weight is 396 g/mol. The van der Waals surface area contributed by atoms with Crippen molar-refractivity contribution in [3.05, 3.63) is 10.4 Å². The molecule has 28 heavy (non-hydrogen) atoms. The monoisotopic (exact) mass is 396 g/mol. The molecule has 0 saturated carbocycles. The molecule has 0 bridgehead atoms. The van der Waals surface area contributed by atoms with Gasteiger partial charge in [0.15, 0.2) is 0 Å². The molecule has 0 aliphatic rings. The molecular weight excluding hydrogens is 380 g/mol. The highest BCUT2D eigenvalue weighted by atomic mass is 16.5. The lowest BCUT2D eigenvalue weighted by Crippen LogP contribution is -2.74. The summed E-state index contributed by atoms with van der Waals surface area (Å²) in [6.45, 7) is 0. The summed E-state index contributed by atoms with van der Waals surface area (Å²) in [6.07, 6.45) is 0. The highest BCUT2D eigenvalue weighted by Gasteiger charge is 2.20. The van der Waals surface area contributed by atoms with E-state index in [-0.39, 0.29) is 44.8 Å². The van der Waals surface area contributed by atoms with Crippen LogP contribution in [-0.4, -0.2) is 89.2 Å². The van der Waals surface area contributed by atoms with Crippen LogP contribution in [0.15, 0.2) is 9.05 Å². The van der Waals surface area contributed by atoms with Gasteiger partial charge in [-0.05, 0) is 20.9 Å². The third-order valence-electron chi connectivity index (χ3n) is 2.32. The minimum absolute atomic E-state index is 0.102. The number of nitrogens with zero attached hydrogens (tertiary/aromatic N) is 12. The average Bonchev–Trinajstić information content (AvgIpc) is 3.42. The van der Waals surface area contributed by atoms with E-state index in [1.54, 1.807) is 0 Å². The molecule has 4 heterocycles. The number of aromatic nitrogens is 12. The number of hydrogen-bond acceptors (Lipinski definition) is 14. The van der Waals surface area contributed by atoms with E-state index in [0.29, 0.717) is 0 Å². The zero-order valence-corrected chi connectivity index (χ0v) is 15.2. The van der Waals surface area contributed by atoms with Crippen molar-refractivity contribution in [1.29, 1.82) is 0 Å². The molecule has 4 aromatic rings. The van der Waals surface area contributed by atoms with Crippen molar-refractivity contribution in [1.82, 2.24) is 61.0 Å². The molecule has 0 amide bonds. The maximum Gasteiger partial charge on any atom is 0.297 e. The Morgan fingerprint density at radius 2 is 1.07 bits per heavy atom. The smallest absolute Gasteiger partial charge is 0.297 e. The Balaban J connectivity index is 0.000000418. The van der Waals surface area contributed by atoms with Crippen LogP contribution in [-0.2, 0) is 0 Å². The van der Waals surface area contributed by atoms with E-state index in [9.17, 15) is 10.4 Å². The van der Waals surface area contributed by atoms with Gasteiger partial charge in [-0.15, -0.1) is 10.2 Å². The van der Waals surface area contributed by atoms with Crippen molar-refractivity contribution in [2.24, 2.45) is 0 Å². The molecule has 150 valence electrons. The first kappa shape index (κ1) is 20.3. The Labute approximate surface area is 155 Å². The van der Waals surface area contributed by atoms with Crippen molar-refractivity contribution in [3.63, 3.8) is 0 Å². The molecule has 0 atom stereocenters. The van der Waals surface area contributed by atoms with Gasteiger partial charge < -0.3 is 30.1 Å². The van der Waals surface area contributed by atoms with Crippen molar-refractivity contribution in [2.45, 2.75) is 0 Å². The standard InChI is InChI=1S/C6N12O4.2C2H7N/c19-17-3(9-13-15-17)5-7-1(11-21-5)2-8-6(22-12-2)4-10-14-16-18(4)20;2*1-3-2/h;2*3H,1-2H3/q-2;;/p+2. The van der Waals surface area contributed by atoms with Crippen LogP contribution < -0.4 is 10.6 Å². The minimum Gasteiger partial charge on any atom is -0.787 e. The molecule has 18 heteroatoms. The Bertz CT molecular complexity index is 894. The quantitative estimate of drug-likeness (QED) is 0.333. The van der Waals surface area contributed by atoms with Gasteiger partial charge in [0, 0.05) is 0 Å². The molecule has 0 spiro atoms. The lowest BCUT2D eigenvalue weighted by atomic mass is 10.5. The number of rotatable bonds is 3. The van der Waals surface area contributed by atoms with Crippen LogP contribution >= 0.6 is 0 Å². The largest absolute Gasteiger partial charge is 0.787 e. The van der Waals surface area contributed by atoms with Crippen LogP contribution in [0.25, 0.3) is 35.1 Å². The molecule has 18 nitrogen and oxygen atoms in total. The number of tetrazole rings is 2. The van der Waals surface area contributed by atoms with Crippen molar-refractivity contribution >= 4 is 0 Å². The highest BCUT2D eigenvalue weighted by Crippen LogP contribution is 2.20. The summed E-state index contributed by atoms with van der Waals surface area (Å²) < 4.78 is 9.63. The molecule has 0 aliphatic carbocycles. The van der Waals surface area contributed by atoms with Gasteiger partial charge in [-0.1, -0.05) is 10.3 Å². The summed E-state index contributed by atoms with van der Waals surface area (Å²) in [6, 6.07) is 0. The van der Waals surface area contributed by atoms with E-state index in [1.165, 1.54) is 0 Å². The SMILES string of the molecule is C[NH2+]C.C[NH2+]C.[O-]n1nnnc1-c1nc(-c2noc(-c3nnnn3[O-])n2)no1. The third kappa shape index (κ3) is 4.56. The van der Waals surface area contributed by atoms with Gasteiger partial charge in [0.05, 0.1) is 28.2 Å². The molecule has 4 aromatic heterocycles. The van der Waals surface area contributed by atoms with Crippen molar-refractivity contribution in [2.75, 3.05) is 28.2 Å². The summed E-state index contributed by atoms with van der Waals surface area (Å²) in [7, 11) is 8.00. The first-order chi connectivity index (χ1) is 13.5. The van der Waals surface area contributed by atoms with Crippen LogP contribution in [0, 0.1) is 10.4 Å². The molecule has 0 fully saturated rings. The predicted molar refractivity (Wildman–Crippen MR) is 86.3 cm³/mol. The van der Waals surface area contributed by atoms with Gasteiger partial charge in [-0.2, -0.15) is 9.97 Å². The number of hydrogen-bond donors (Lipinski definition) is 2. The normalized spacial score (nSPS) is 10.0. The molecule has 0 unspecified atom stereocenters. The van der Waals surface area contributed by atoms with Crippen LogP contribution in [0.5, 0.6) is 0 Å². The van der Waals surface area contributed by atoms with E-state index < -0.39 is 0 Å². The van der Waals surface area contributed by atoms with Gasteiger partial charge in [0.1, 0.15) is 0 Å². The maximum absolute atomic E-state index is 11.2. The Morgan fingerprint density at radius 3 is 1.36 bits per heavy atom. The molecule has 0 radical (unpaired) electrons. The summed E-state index contributed by atoms with van der Waals surface area (Å²) in [4.78, 5) is 7.88. The summed E-state index contributed by atoms with van der Waals surface area (Å²) >= 11 is 0. The topological polar surface area (TPSA) is 244 Å². The van der Waals surface area contributed by atoms with E-state index in [0.717, 1.165) is 0 Å². The minimum atomic E-state index is -0.286. The van der Waals surface area contributed by atoms with Crippen molar-refractivity contribution in [3.8, 4) is 35.1 Å². The molecule has 4 rings (SSSR count). The van der Waals surface area contributed by atoms with Crippen LogP contribution in [0.3, 0.4) is 0 Å². The number of nitrogens with two attached hydrogens (primary N) is 2. The number of quaternary nitrogens is 2. The fraction of sp³-hybridized carbons (Fsp3) is 0.400. The van der Waals surface area contributed by atoms with Crippen LogP contribution in [0.4, 0.5) is 0 Å². The molecule has 0 aromatic carbocycles. The molecule has 4 N–H and O–H groups in total. The second kappa shape index (κ2) is 9.59. The Hall–Kier alpha value is -4.06. The second-order valence-corrected chi connectivity index (χ2v) is 4.75. The lowest BCUT2D eigenvalue weighted by molar-refractivity contribution is -0.597. The summed E-state index contributed by atoms with van der Waals surface area (Å²) in [5.41, 5.74) is 0. The van der Waals surface area contributed by atoms with Crippen LogP contribution in [0.1, 0.15) is 0 Å². The molecule has 0 saturated heterocycles. The highest BCUT2D eigenvalue weighted by molar-refractivity contribution is 5.51. The first-order valence-electron chi connectivity index (χ1n) is 7.63. The Kier molecular flexibility index (Phi) is 6.93. The fourth-order valence-corrected chi connectivity index (χ4v) is 1.42. The van der Waals surface area contributed by atoms with E-state index in [1.807, 2.05) is 38.8 Å². The fourth-order valence-electron chi connectivity index (χ4n) is 1.42. The second-order valence-electron chi connectivity index (χ2n) is 4.75. The van der Waals surface area contributed by atoms with E-state index in [4.69, 9.17) is 9.05 Å². The van der Waals surface area contributed by atoms with Gasteiger partial charge in [0.2, 0.25) is 23.3 Å². The van der Waals surface area contributed by atoms with Crippen LogP contribution in [0.2, 0.25) is 0 Å². The maximum atomic E-state index is 11.2. The van der Waals surface area contributed by atoms with E-state index >= 15 is 0 Å². The first-order valence-corrected chi connectivity index (χ1v) is 7.63. The summed E-state index contributed by atoms with van der Waals surface area (Å²) in [5, 5.41) is 52.8. The van der Waals surface area contributed by atoms with Gasteiger partial charge in [0.25, 0.3) is 11.8 Å². The molecular formula is C10H16N14O4. The van der Waals surface area contributed by atoms with Gasteiger partial charge >= 0.3 is 0 Å². The molecule has 0 aliphatic heterocycles. The summed E-state index contributed by atoms with van der Waals surface area (Å²) in [5.74, 6) is -1.28. The third-order valence-corrected chi connectivity index (χ3v) is 2.32.